The Morgan fingerprint density at radius 1 is 1.08 bits per heavy atom. The molecule has 1 saturated heterocycles. The van der Waals surface area contributed by atoms with Crippen molar-refractivity contribution >= 4 is 28.1 Å². The molecule has 4 aromatic rings. The fraction of sp³-hybridized carbons (Fsp3) is 0.444. The second-order valence-electron chi connectivity index (χ2n) is 9.85. The maximum atomic E-state index is 13.9. The monoisotopic (exact) mass is 500 g/mol. The fourth-order valence-corrected chi connectivity index (χ4v) is 5.09. The van der Waals surface area contributed by atoms with E-state index in [1.54, 1.807) is 14.0 Å². The summed E-state index contributed by atoms with van der Waals surface area (Å²) in [7, 11) is 1.65. The molecule has 1 unspecified atom stereocenters. The van der Waals surface area contributed by atoms with Gasteiger partial charge >= 0.3 is 5.69 Å². The van der Waals surface area contributed by atoms with Gasteiger partial charge in [-0.1, -0.05) is 12.0 Å². The minimum absolute atomic E-state index is 0.0337. The molecule has 192 valence electrons. The molecule has 4 heterocycles. The number of nitrogens with two attached hydrogens (primary N) is 1. The lowest BCUT2D eigenvalue weighted by atomic mass is 10.1. The quantitative estimate of drug-likeness (QED) is 0.425. The van der Waals surface area contributed by atoms with Crippen LogP contribution in [0.3, 0.4) is 0 Å². The Bertz CT molecular complexity index is 1720. The summed E-state index contributed by atoms with van der Waals surface area (Å²) in [5, 5.41) is 0. The molecule has 1 fully saturated rings. The van der Waals surface area contributed by atoms with Crippen LogP contribution in [0.1, 0.15) is 42.3 Å². The van der Waals surface area contributed by atoms with Gasteiger partial charge in [0.2, 0.25) is 5.95 Å². The number of rotatable bonds is 4. The summed E-state index contributed by atoms with van der Waals surface area (Å²) in [5.41, 5.74) is 11.2. The molecule has 0 amide bonds. The van der Waals surface area contributed by atoms with Crippen LogP contribution in [0, 0.1) is 32.6 Å². The van der Waals surface area contributed by atoms with E-state index in [9.17, 15) is 9.59 Å². The van der Waals surface area contributed by atoms with Crippen LogP contribution in [0.4, 0.5) is 5.95 Å². The predicted octanol–water partition coefficient (Wildman–Crippen LogP) is 1.76. The Hall–Kier alpha value is -3.97. The van der Waals surface area contributed by atoms with Crippen LogP contribution in [0.2, 0.25) is 0 Å². The average molecular weight is 501 g/mol. The van der Waals surface area contributed by atoms with Crippen LogP contribution < -0.4 is 21.9 Å². The summed E-state index contributed by atoms with van der Waals surface area (Å²) in [4.78, 5) is 43.5. The molecule has 1 aliphatic heterocycles. The largest absolute Gasteiger partial charge is 0.341 e. The van der Waals surface area contributed by atoms with Gasteiger partial charge in [0.1, 0.15) is 0 Å². The van der Waals surface area contributed by atoms with Crippen molar-refractivity contribution in [2.24, 2.45) is 12.8 Å². The van der Waals surface area contributed by atoms with E-state index in [-0.39, 0.29) is 18.1 Å². The molecule has 5 rings (SSSR count). The molecule has 1 aromatic carbocycles. The predicted molar refractivity (Wildman–Crippen MR) is 145 cm³/mol. The summed E-state index contributed by atoms with van der Waals surface area (Å²) >= 11 is 0. The zero-order valence-corrected chi connectivity index (χ0v) is 22.0. The van der Waals surface area contributed by atoms with E-state index < -0.39 is 5.69 Å². The summed E-state index contributed by atoms with van der Waals surface area (Å²) < 4.78 is 4.54. The topological polar surface area (TPSA) is 117 Å². The second-order valence-corrected chi connectivity index (χ2v) is 9.85. The van der Waals surface area contributed by atoms with E-state index in [0.717, 1.165) is 52.9 Å². The molecule has 0 saturated carbocycles. The van der Waals surface area contributed by atoms with Crippen molar-refractivity contribution in [3.05, 3.63) is 55.5 Å². The summed E-state index contributed by atoms with van der Waals surface area (Å²) in [5.74, 6) is 6.60. The third-order valence-corrected chi connectivity index (χ3v) is 7.14. The van der Waals surface area contributed by atoms with Gasteiger partial charge in [-0.3, -0.25) is 18.5 Å². The van der Waals surface area contributed by atoms with Crippen molar-refractivity contribution in [2.75, 3.05) is 18.0 Å². The first-order chi connectivity index (χ1) is 17.7. The lowest BCUT2D eigenvalue weighted by molar-refractivity contribution is 0.496. The second kappa shape index (κ2) is 9.48. The van der Waals surface area contributed by atoms with Crippen LogP contribution in [0.15, 0.2) is 21.7 Å². The number of piperidine rings is 1. The molecular weight excluding hydrogens is 468 g/mol. The highest BCUT2D eigenvalue weighted by molar-refractivity contribution is 5.79. The Labute approximate surface area is 214 Å². The number of aryl methyl sites for hydroxylation is 4. The number of anilines is 1. The SMILES string of the molecule is CC#CCn1c(N2CCCC(N)C2)nc2c1c(=O)n(Cc1cc(C)c3nc(C)c(C)nc3c1)c(=O)n2C. The van der Waals surface area contributed by atoms with Crippen LogP contribution in [-0.2, 0) is 20.1 Å². The third-order valence-electron chi connectivity index (χ3n) is 7.14. The van der Waals surface area contributed by atoms with Crippen LogP contribution in [0.25, 0.3) is 22.2 Å². The van der Waals surface area contributed by atoms with E-state index in [1.165, 1.54) is 9.13 Å². The van der Waals surface area contributed by atoms with Gasteiger partial charge in [-0.2, -0.15) is 4.98 Å². The summed E-state index contributed by atoms with van der Waals surface area (Å²) in [6, 6.07) is 3.90. The zero-order chi connectivity index (χ0) is 26.4. The van der Waals surface area contributed by atoms with E-state index in [1.807, 2.05) is 37.5 Å². The van der Waals surface area contributed by atoms with Crippen molar-refractivity contribution in [1.82, 2.24) is 28.7 Å². The van der Waals surface area contributed by atoms with Gasteiger partial charge in [0.25, 0.3) is 5.56 Å². The molecule has 37 heavy (non-hydrogen) atoms. The van der Waals surface area contributed by atoms with Crippen molar-refractivity contribution in [3.8, 4) is 11.8 Å². The maximum Gasteiger partial charge on any atom is 0.332 e. The number of benzene rings is 1. The van der Waals surface area contributed by atoms with Gasteiger partial charge < -0.3 is 10.6 Å². The standard InChI is InChI=1S/C27H32N8O2/c1-6-7-11-34-23-24(31-26(34)33-10-8-9-20(28)15-33)32(5)27(37)35(25(23)36)14-19-12-16(2)22-21(13-19)29-17(3)18(4)30-22/h12-13,20H,8-11,14-15,28H2,1-5H3. The van der Waals surface area contributed by atoms with Gasteiger partial charge in [-0.15, -0.1) is 5.92 Å². The Morgan fingerprint density at radius 2 is 1.84 bits per heavy atom. The van der Waals surface area contributed by atoms with Crippen LogP contribution in [-0.4, -0.2) is 47.8 Å². The average Bonchev–Trinajstić information content (AvgIpc) is 3.25. The molecule has 10 heteroatoms. The molecule has 3 aromatic heterocycles. The first-order valence-electron chi connectivity index (χ1n) is 12.5. The van der Waals surface area contributed by atoms with Crippen molar-refractivity contribution < 1.29 is 0 Å². The van der Waals surface area contributed by atoms with E-state index >= 15 is 0 Å². The number of fused-ring (bicyclic) bond motifs is 2. The number of nitrogens with zero attached hydrogens (tertiary/aromatic N) is 7. The highest BCUT2D eigenvalue weighted by Crippen LogP contribution is 2.23. The molecule has 10 nitrogen and oxygen atoms in total. The van der Waals surface area contributed by atoms with Gasteiger partial charge in [-0.25, -0.2) is 14.8 Å². The van der Waals surface area contributed by atoms with Crippen LogP contribution >= 0.6 is 0 Å². The molecule has 2 N–H and O–H groups in total. The van der Waals surface area contributed by atoms with E-state index in [4.69, 9.17) is 10.7 Å². The summed E-state index contributed by atoms with van der Waals surface area (Å²) in [6.07, 6.45) is 1.89. The van der Waals surface area contributed by atoms with Crippen molar-refractivity contribution in [1.29, 1.82) is 0 Å². The van der Waals surface area contributed by atoms with E-state index in [0.29, 0.717) is 30.2 Å². The van der Waals surface area contributed by atoms with Gasteiger partial charge in [-0.05, 0) is 57.7 Å². The minimum Gasteiger partial charge on any atom is -0.341 e. The normalized spacial score (nSPS) is 15.8. The lowest BCUT2D eigenvalue weighted by Gasteiger charge is -2.31. The number of imidazole rings is 1. The fourth-order valence-electron chi connectivity index (χ4n) is 5.09. The van der Waals surface area contributed by atoms with Gasteiger partial charge in [0, 0.05) is 26.2 Å². The Kier molecular flexibility index (Phi) is 6.33. The zero-order valence-electron chi connectivity index (χ0n) is 22.0. The number of hydrogen-bond acceptors (Lipinski definition) is 7. The molecule has 0 spiro atoms. The minimum atomic E-state index is -0.422. The Morgan fingerprint density at radius 3 is 2.57 bits per heavy atom. The highest BCUT2D eigenvalue weighted by Gasteiger charge is 2.26. The first-order valence-corrected chi connectivity index (χ1v) is 12.5. The molecule has 1 aliphatic rings. The molecule has 0 radical (unpaired) electrons. The van der Waals surface area contributed by atoms with Gasteiger partial charge in [0.15, 0.2) is 11.2 Å². The number of aromatic nitrogens is 6. The smallest absolute Gasteiger partial charge is 0.332 e. The van der Waals surface area contributed by atoms with E-state index in [2.05, 4.69) is 26.7 Å². The molecular formula is C27H32N8O2. The number of hydrogen-bond donors (Lipinski definition) is 1. The third kappa shape index (κ3) is 4.29. The summed E-state index contributed by atoms with van der Waals surface area (Å²) in [6.45, 7) is 9.42. The Balaban J connectivity index is 1.68. The molecule has 0 aliphatic carbocycles. The highest BCUT2D eigenvalue weighted by atomic mass is 16.2. The van der Waals surface area contributed by atoms with Crippen LogP contribution in [0.5, 0.6) is 0 Å². The van der Waals surface area contributed by atoms with Crippen molar-refractivity contribution in [2.45, 2.75) is 59.7 Å². The first kappa shape index (κ1) is 24.7. The molecule has 1 atom stereocenters. The molecule has 0 bridgehead atoms. The van der Waals surface area contributed by atoms with Crippen molar-refractivity contribution in [3.63, 3.8) is 0 Å². The lowest BCUT2D eigenvalue weighted by Crippen LogP contribution is -2.44. The van der Waals surface area contributed by atoms with Gasteiger partial charge in [0.05, 0.1) is 35.5 Å². The maximum absolute atomic E-state index is 13.9.